The second kappa shape index (κ2) is 4.16. The van der Waals surface area contributed by atoms with Gasteiger partial charge in [-0.1, -0.05) is 0 Å². The molecule has 1 unspecified atom stereocenters. The van der Waals surface area contributed by atoms with Gasteiger partial charge in [-0.2, -0.15) is 5.10 Å². The Morgan fingerprint density at radius 3 is 3.00 bits per heavy atom. The molecule has 6 N–H and O–H groups in total. The lowest BCUT2D eigenvalue weighted by atomic mass is 10.1. The molecule has 2 rings (SSSR count). The van der Waals surface area contributed by atoms with Crippen LogP contribution < -0.4 is 17.0 Å². The van der Waals surface area contributed by atoms with Crippen LogP contribution in [0.1, 0.15) is 17.4 Å². The van der Waals surface area contributed by atoms with Crippen LogP contribution >= 0.6 is 0 Å². The van der Waals surface area contributed by atoms with Gasteiger partial charge in [0.05, 0.1) is 18.5 Å². The first-order valence-electron chi connectivity index (χ1n) is 4.58. The fraction of sp³-hybridized carbons (Fsp3) is 0.222. The number of anilines is 1. The molecule has 2 aromatic rings. The standard InChI is InChI=1S/C9H13N5O/c10-9-7(5-12-14-9)8(13-11)4-6-2-1-3-15-6/h1-3,5,8,13H,4,11H2,(H3,10,12,14). The summed E-state index contributed by atoms with van der Waals surface area (Å²) < 4.78 is 5.24. The van der Waals surface area contributed by atoms with Crippen molar-refractivity contribution in [2.45, 2.75) is 12.5 Å². The van der Waals surface area contributed by atoms with E-state index in [4.69, 9.17) is 16.0 Å². The largest absolute Gasteiger partial charge is 0.469 e. The van der Waals surface area contributed by atoms with Crippen LogP contribution in [-0.4, -0.2) is 10.2 Å². The average Bonchev–Trinajstić information content (AvgIpc) is 2.85. The second-order valence-corrected chi connectivity index (χ2v) is 3.24. The Kier molecular flexibility index (Phi) is 2.70. The Hall–Kier alpha value is -1.79. The summed E-state index contributed by atoms with van der Waals surface area (Å²) in [5, 5.41) is 6.51. The number of hydrazine groups is 1. The molecule has 80 valence electrons. The van der Waals surface area contributed by atoms with E-state index in [0.717, 1.165) is 11.3 Å². The predicted molar refractivity (Wildman–Crippen MR) is 55.5 cm³/mol. The zero-order valence-corrected chi connectivity index (χ0v) is 8.10. The summed E-state index contributed by atoms with van der Waals surface area (Å²) >= 11 is 0. The molecule has 0 aliphatic carbocycles. The van der Waals surface area contributed by atoms with Crippen molar-refractivity contribution >= 4 is 5.82 Å². The fourth-order valence-electron chi connectivity index (χ4n) is 1.47. The minimum Gasteiger partial charge on any atom is -0.469 e. The van der Waals surface area contributed by atoms with Crippen LogP contribution in [0.2, 0.25) is 0 Å². The molecule has 0 radical (unpaired) electrons. The minimum absolute atomic E-state index is 0.102. The monoisotopic (exact) mass is 207 g/mol. The van der Waals surface area contributed by atoms with Crippen LogP contribution in [0.15, 0.2) is 29.0 Å². The molecule has 0 amide bonds. The zero-order chi connectivity index (χ0) is 10.7. The van der Waals surface area contributed by atoms with Crippen LogP contribution in [0, 0.1) is 0 Å². The molecular weight excluding hydrogens is 194 g/mol. The van der Waals surface area contributed by atoms with Gasteiger partial charge in [0.25, 0.3) is 0 Å². The molecule has 15 heavy (non-hydrogen) atoms. The minimum atomic E-state index is -0.102. The van der Waals surface area contributed by atoms with E-state index in [1.165, 1.54) is 0 Å². The number of nitrogens with one attached hydrogen (secondary N) is 2. The number of nitrogens with zero attached hydrogens (tertiary/aromatic N) is 1. The highest BCUT2D eigenvalue weighted by Gasteiger charge is 2.16. The average molecular weight is 207 g/mol. The maximum Gasteiger partial charge on any atom is 0.123 e. The normalized spacial score (nSPS) is 12.9. The van der Waals surface area contributed by atoms with Crippen molar-refractivity contribution in [3.8, 4) is 0 Å². The smallest absolute Gasteiger partial charge is 0.123 e. The van der Waals surface area contributed by atoms with Crippen molar-refractivity contribution in [3.05, 3.63) is 35.9 Å². The molecular formula is C9H13N5O. The van der Waals surface area contributed by atoms with Gasteiger partial charge in [0.1, 0.15) is 11.6 Å². The molecule has 0 bridgehead atoms. The molecule has 0 aliphatic rings. The quantitative estimate of drug-likeness (QED) is 0.427. The summed E-state index contributed by atoms with van der Waals surface area (Å²) in [5.41, 5.74) is 9.23. The number of aromatic amines is 1. The number of rotatable bonds is 4. The fourth-order valence-corrected chi connectivity index (χ4v) is 1.47. The Balaban J connectivity index is 2.15. The summed E-state index contributed by atoms with van der Waals surface area (Å²) in [7, 11) is 0. The predicted octanol–water partition coefficient (Wildman–Crippen LogP) is 0.332. The van der Waals surface area contributed by atoms with Gasteiger partial charge in [-0.3, -0.25) is 16.4 Å². The lowest BCUT2D eigenvalue weighted by Crippen LogP contribution is -2.29. The van der Waals surface area contributed by atoms with Gasteiger partial charge in [0.15, 0.2) is 0 Å². The van der Waals surface area contributed by atoms with Crippen molar-refractivity contribution in [2.75, 3.05) is 5.73 Å². The van der Waals surface area contributed by atoms with E-state index < -0.39 is 0 Å². The van der Waals surface area contributed by atoms with Crippen molar-refractivity contribution in [3.63, 3.8) is 0 Å². The number of aromatic nitrogens is 2. The van der Waals surface area contributed by atoms with Crippen molar-refractivity contribution in [1.29, 1.82) is 0 Å². The number of hydrogen-bond donors (Lipinski definition) is 4. The highest BCUT2D eigenvalue weighted by atomic mass is 16.3. The van der Waals surface area contributed by atoms with Crippen LogP contribution in [-0.2, 0) is 6.42 Å². The first-order chi connectivity index (χ1) is 7.31. The number of nitrogens with two attached hydrogens (primary N) is 2. The third-order valence-corrected chi connectivity index (χ3v) is 2.26. The summed E-state index contributed by atoms with van der Waals surface area (Å²) in [5.74, 6) is 6.82. The van der Waals surface area contributed by atoms with Gasteiger partial charge in [-0.15, -0.1) is 0 Å². The van der Waals surface area contributed by atoms with E-state index >= 15 is 0 Å². The lowest BCUT2D eigenvalue weighted by molar-refractivity contribution is 0.455. The van der Waals surface area contributed by atoms with Crippen LogP contribution in [0.3, 0.4) is 0 Å². The molecule has 1 atom stereocenters. The first-order valence-corrected chi connectivity index (χ1v) is 4.58. The van der Waals surface area contributed by atoms with E-state index in [0.29, 0.717) is 12.2 Å². The van der Waals surface area contributed by atoms with E-state index in [9.17, 15) is 0 Å². The molecule has 0 aromatic carbocycles. The van der Waals surface area contributed by atoms with Crippen LogP contribution in [0.4, 0.5) is 5.82 Å². The number of H-pyrrole nitrogens is 1. The highest BCUT2D eigenvalue weighted by molar-refractivity contribution is 5.39. The van der Waals surface area contributed by atoms with Gasteiger partial charge < -0.3 is 10.2 Å². The molecule has 6 heteroatoms. The van der Waals surface area contributed by atoms with Crippen molar-refractivity contribution in [2.24, 2.45) is 5.84 Å². The van der Waals surface area contributed by atoms with E-state index in [1.807, 2.05) is 12.1 Å². The molecule has 6 nitrogen and oxygen atoms in total. The maximum atomic E-state index is 5.70. The van der Waals surface area contributed by atoms with Gasteiger partial charge >= 0.3 is 0 Å². The Morgan fingerprint density at radius 1 is 1.60 bits per heavy atom. The Labute approximate surface area is 86.6 Å². The Morgan fingerprint density at radius 2 is 2.47 bits per heavy atom. The third-order valence-electron chi connectivity index (χ3n) is 2.26. The molecule has 2 heterocycles. The van der Waals surface area contributed by atoms with E-state index in [2.05, 4.69) is 15.6 Å². The highest BCUT2D eigenvalue weighted by Crippen LogP contribution is 2.21. The van der Waals surface area contributed by atoms with Gasteiger partial charge in [-0.25, -0.2) is 0 Å². The second-order valence-electron chi connectivity index (χ2n) is 3.24. The van der Waals surface area contributed by atoms with Gasteiger partial charge in [0, 0.05) is 12.0 Å². The lowest BCUT2D eigenvalue weighted by Gasteiger charge is -2.13. The molecule has 0 saturated carbocycles. The van der Waals surface area contributed by atoms with Gasteiger partial charge in [-0.05, 0) is 12.1 Å². The number of nitrogen functional groups attached to an aromatic ring is 1. The topological polar surface area (TPSA) is 106 Å². The molecule has 2 aromatic heterocycles. The molecule has 0 aliphatic heterocycles. The van der Waals surface area contributed by atoms with Gasteiger partial charge in [0.2, 0.25) is 0 Å². The molecule has 0 fully saturated rings. The molecule has 0 spiro atoms. The SMILES string of the molecule is NNC(Cc1ccco1)c1cn[nH]c1N. The van der Waals surface area contributed by atoms with E-state index in [1.54, 1.807) is 12.5 Å². The number of hydrogen-bond acceptors (Lipinski definition) is 5. The Bertz CT molecular complexity index is 408. The summed E-state index contributed by atoms with van der Waals surface area (Å²) in [6, 6.07) is 3.62. The summed E-state index contributed by atoms with van der Waals surface area (Å²) in [4.78, 5) is 0. The zero-order valence-electron chi connectivity index (χ0n) is 8.10. The van der Waals surface area contributed by atoms with E-state index in [-0.39, 0.29) is 6.04 Å². The summed E-state index contributed by atoms with van der Waals surface area (Å²) in [6.07, 6.45) is 3.91. The third kappa shape index (κ3) is 2.00. The van der Waals surface area contributed by atoms with Crippen molar-refractivity contribution in [1.82, 2.24) is 15.6 Å². The van der Waals surface area contributed by atoms with Crippen LogP contribution in [0.25, 0.3) is 0 Å². The maximum absolute atomic E-state index is 5.70. The molecule has 0 saturated heterocycles. The first kappa shape index (κ1) is 9.75. The van der Waals surface area contributed by atoms with Crippen molar-refractivity contribution < 1.29 is 4.42 Å². The summed E-state index contributed by atoms with van der Waals surface area (Å²) in [6.45, 7) is 0. The van der Waals surface area contributed by atoms with Crippen LogP contribution in [0.5, 0.6) is 0 Å². The number of furan rings is 1.